The van der Waals surface area contributed by atoms with E-state index in [0.29, 0.717) is 0 Å². The lowest BCUT2D eigenvalue weighted by molar-refractivity contribution is 0.399. The molecule has 0 aliphatic heterocycles. The minimum Gasteiger partial charge on any atom is -0.496 e. The summed E-state index contributed by atoms with van der Waals surface area (Å²) in [5.74, 6) is 0.904. The van der Waals surface area contributed by atoms with Gasteiger partial charge in [-0.15, -0.1) is 0 Å². The predicted octanol–water partition coefficient (Wildman–Crippen LogP) is 20.1. The zero-order valence-electron chi connectivity index (χ0n) is 46.7. The summed E-state index contributed by atoms with van der Waals surface area (Å²) in [6, 6.07) is 62.4. The Morgan fingerprint density at radius 1 is 0.562 bits per heavy atom. The van der Waals surface area contributed by atoms with Gasteiger partial charge in [0, 0.05) is 49.9 Å². The maximum Gasteiger partial charge on any atom is 0.123 e. The van der Waals surface area contributed by atoms with Crippen LogP contribution in [0.1, 0.15) is 99.2 Å². The molecule has 0 spiro atoms. The lowest BCUT2D eigenvalue weighted by Gasteiger charge is -2.35. The van der Waals surface area contributed by atoms with Gasteiger partial charge >= 0.3 is 0 Å². The number of aromatic nitrogens is 1. The van der Waals surface area contributed by atoms with E-state index in [2.05, 4.69) is 287 Å². The van der Waals surface area contributed by atoms with Crippen molar-refractivity contribution in [3.05, 3.63) is 293 Å². The summed E-state index contributed by atoms with van der Waals surface area (Å²) < 4.78 is 8.85. The second kappa shape index (κ2) is 19.2. The van der Waals surface area contributed by atoms with E-state index >= 15 is 0 Å². The van der Waals surface area contributed by atoms with Gasteiger partial charge in [-0.1, -0.05) is 210 Å². The number of benzene rings is 8. The molecule has 0 fully saturated rings. The number of nitrogens with zero attached hydrogens (tertiary/aromatic N) is 2. The smallest absolute Gasteiger partial charge is 0.123 e. The van der Waals surface area contributed by atoms with Crippen molar-refractivity contribution in [1.29, 1.82) is 0 Å². The van der Waals surface area contributed by atoms with E-state index in [1.807, 2.05) is 7.11 Å². The van der Waals surface area contributed by atoms with Gasteiger partial charge in [-0.25, -0.2) is 0 Å². The maximum absolute atomic E-state index is 6.31. The third kappa shape index (κ3) is 7.39. The van der Waals surface area contributed by atoms with E-state index in [4.69, 9.17) is 4.74 Å². The molecule has 0 N–H and O–H groups in total. The monoisotopic (exact) mass is 1030 g/mol. The van der Waals surface area contributed by atoms with Crippen LogP contribution < -0.4 is 9.64 Å². The zero-order valence-corrected chi connectivity index (χ0v) is 46.7. The highest BCUT2D eigenvalue weighted by Crippen LogP contribution is 2.60. The highest BCUT2D eigenvalue weighted by molar-refractivity contribution is 6.15. The van der Waals surface area contributed by atoms with Crippen LogP contribution in [0.3, 0.4) is 0 Å². The van der Waals surface area contributed by atoms with Crippen LogP contribution in [0.2, 0.25) is 0 Å². The van der Waals surface area contributed by atoms with Crippen molar-refractivity contribution >= 4 is 38.8 Å². The molecular formula is C77H66N2O. The number of ether oxygens (including phenoxy) is 1. The molecule has 1 heterocycles. The molecule has 5 aliphatic rings. The largest absolute Gasteiger partial charge is 0.496 e. The van der Waals surface area contributed by atoms with Gasteiger partial charge in [0.25, 0.3) is 0 Å². The Labute approximate surface area is 471 Å². The van der Waals surface area contributed by atoms with Crippen molar-refractivity contribution in [3.63, 3.8) is 0 Å². The molecule has 0 bridgehead atoms. The Hall–Kier alpha value is -8.92. The van der Waals surface area contributed by atoms with Crippen LogP contribution in [0.4, 0.5) is 11.4 Å². The van der Waals surface area contributed by atoms with Crippen LogP contribution in [0, 0.1) is 0 Å². The normalized spacial score (nSPS) is 17.9. The van der Waals surface area contributed by atoms with Crippen LogP contribution in [-0.2, 0) is 16.2 Å². The van der Waals surface area contributed by atoms with Gasteiger partial charge in [0.05, 0.1) is 23.6 Å². The lowest BCUT2D eigenvalue weighted by Crippen LogP contribution is -2.28. The fourth-order valence-corrected chi connectivity index (χ4v) is 14.8. The quantitative estimate of drug-likeness (QED) is 0.120. The van der Waals surface area contributed by atoms with Gasteiger partial charge in [0.2, 0.25) is 0 Å². The van der Waals surface area contributed by atoms with Gasteiger partial charge in [0.15, 0.2) is 0 Å². The summed E-state index contributed by atoms with van der Waals surface area (Å²) in [6.07, 6.45) is 32.6. The summed E-state index contributed by atoms with van der Waals surface area (Å²) in [7, 11) is 1.81. The highest BCUT2D eigenvalue weighted by Gasteiger charge is 2.47. The van der Waals surface area contributed by atoms with Gasteiger partial charge in [0.1, 0.15) is 5.75 Å². The summed E-state index contributed by atoms with van der Waals surface area (Å²) in [5.41, 5.74) is 25.9. The number of hydrogen-bond acceptors (Lipinski definition) is 2. The molecule has 390 valence electrons. The topological polar surface area (TPSA) is 17.4 Å². The summed E-state index contributed by atoms with van der Waals surface area (Å²) in [6.45, 7) is 11.7. The van der Waals surface area contributed by atoms with Crippen LogP contribution in [-0.4, -0.2) is 11.7 Å². The molecule has 1 unspecified atom stereocenters. The Morgan fingerprint density at radius 2 is 1.25 bits per heavy atom. The van der Waals surface area contributed by atoms with Crippen LogP contribution in [0.25, 0.3) is 66.4 Å². The molecule has 0 saturated heterocycles. The number of allylic oxidation sites excluding steroid dienone is 15. The number of hydrogen-bond donors (Lipinski definition) is 0. The molecule has 1 aromatic heterocycles. The third-order valence-electron chi connectivity index (χ3n) is 18.3. The number of para-hydroxylation sites is 1. The molecule has 1 atom stereocenters. The summed E-state index contributed by atoms with van der Waals surface area (Å²) >= 11 is 0. The molecule has 8 aromatic carbocycles. The Balaban J connectivity index is 0.990. The second-order valence-electron chi connectivity index (χ2n) is 23.2. The van der Waals surface area contributed by atoms with Crippen molar-refractivity contribution < 1.29 is 4.74 Å². The number of anilines is 2. The van der Waals surface area contributed by atoms with Crippen LogP contribution in [0.15, 0.2) is 254 Å². The molecule has 5 aliphatic carbocycles. The van der Waals surface area contributed by atoms with E-state index in [0.717, 1.165) is 54.2 Å². The summed E-state index contributed by atoms with van der Waals surface area (Å²) in [4.78, 5) is 2.50. The van der Waals surface area contributed by atoms with Crippen molar-refractivity contribution in [3.8, 4) is 44.8 Å². The van der Waals surface area contributed by atoms with Crippen molar-refractivity contribution in [2.45, 2.75) is 76.5 Å². The van der Waals surface area contributed by atoms with E-state index in [1.54, 1.807) is 0 Å². The van der Waals surface area contributed by atoms with E-state index < -0.39 is 5.41 Å². The molecule has 0 radical (unpaired) electrons. The average molecular weight is 1040 g/mol. The molecule has 3 nitrogen and oxygen atoms in total. The first-order valence-electron chi connectivity index (χ1n) is 28.7. The first kappa shape index (κ1) is 49.4. The second-order valence-corrected chi connectivity index (χ2v) is 23.2. The number of rotatable bonds is 11. The van der Waals surface area contributed by atoms with E-state index in [-0.39, 0.29) is 10.8 Å². The molecule has 14 rings (SSSR count). The van der Waals surface area contributed by atoms with Gasteiger partial charge < -0.3 is 14.2 Å². The minimum absolute atomic E-state index is 0.139. The van der Waals surface area contributed by atoms with E-state index in [9.17, 15) is 0 Å². The van der Waals surface area contributed by atoms with Crippen LogP contribution >= 0.6 is 0 Å². The minimum atomic E-state index is -0.488. The predicted molar refractivity (Wildman–Crippen MR) is 338 cm³/mol. The van der Waals surface area contributed by atoms with Crippen LogP contribution in [0.5, 0.6) is 5.75 Å². The lowest BCUT2D eigenvalue weighted by atomic mass is 9.67. The van der Waals surface area contributed by atoms with Crippen molar-refractivity contribution in [2.24, 2.45) is 0 Å². The number of fused-ring (bicyclic) bond motifs is 12. The fourth-order valence-electron chi connectivity index (χ4n) is 14.8. The average Bonchev–Trinajstić information content (AvgIpc) is 4.11. The Morgan fingerprint density at radius 3 is 2.10 bits per heavy atom. The first-order valence-corrected chi connectivity index (χ1v) is 28.7. The summed E-state index contributed by atoms with van der Waals surface area (Å²) in [5, 5.41) is 2.55. The van der Waals surface area contributed by atoms with E-state index in [1.165, 1.54) is 105 Å². The Kier molecular flexibility index (Phi) is 11.8. The van der Waals surface area contributed by atoms with Gasteiger partial charge in [-0.3, -0.25) is 0 Å². The maximum atomic E-state index is 6.31. The molecule has 80 heavy (non-hydrogen) atoms. The molecule has 0 saturated carbocycles. The number of methoxy groups -OCH3 is 1. The van der Waals surface area contributed by atoms with Crippen molar-refractivity contribution in [2.75, 3.05) is 12.0 Å². The molecule has 9 aromatic rings. The molecular weight excluding hydrogens is 969 g/mol. The fraction of sp³-hybridized carbons (Fsp3) is 0.169. The standard InChI is InChI=1S/C77H66N2O/c1-7-8-9-12-24-47-77(67-39-22-23-40-71(67)80-6)66-38-21-19-33-59(66)61-35-26-34-56(73(61)77)51-27-25-30-53(48-51)79-69-45-42-54(49-63(69)72-70(79)46-44-62-58-32-18-20-37-65(58)76(4,5)74(62)72)78(52-28-14-10-11-15-29-52)55-41-43-60-57-31-16-13-17-36-64(57)75(2,3)68(60)50-55/h7-14,16-23,25-30,32-46,48-50H,15,24,31,47H2,1-6H3/b8-7-,12-9-. The molecule has 0 amide bonds. The van der Waals surface area contributed by atoms with Gasteiger partial charge in [-0.05, 0) is 171 Å². The van der Waals surface area contributed by atoms with Crippen molar-refractivity contribution in [1.82, 2.24) is 4.57 Å². The molecule has 3 heteroatoms. The zero-order chi connectivity index (χ0) is 54.3. The SMILES string of the molecule is C/C=C\C=C/CCC1(c2ccccc2OC)c2ccccc2-c2cccc(-c3cccc(-n4c5ccc(N(C6=CCC=CC=C6)c6ccc7c(c6)C(C)(C)C6=C7CC=CC=C6)cc5c5c6c(ccc54)-c4ccccc4C6(C)C)c3)c21. The highest BCUT2D eigenvalue weighted by atomic mass is 16.5. The Bertz CT molecular complexity index is 4300. The van der Waals surface area contributed by atoms with Gasteiger partial charge in [-0.2, -0.15) is 0 Å². The third-order valence-corrected chi connectivity index (χ3v) is 18.3. The first-order chi connectivity index (χ1) is 39.1.